The summed E-state index contributed by atoms with van der Waals surface area (Å²) in [6.07, 6.45) is 6.52. The largest absolute Gasteiger partial charge is 0.356 e. The molecule has 7 heteroatoms. The van der Waals surface area contributed by atoms with E-state index in [1.54, 1.807) is 31.3 Å². The Morgan fingerprint density at radius 1 is 0.926 bits per heavy atom. The molecule has 1 aromatic rings. The van der Waals surface area contributed by atoms with Gasteiger partial charge in [-0.05, 0) is 31.4 Å². The SMILES string of the molecule is CCCCCCNC(=NC)NCCCCN1C(=O)c2ccccc2C1=O.I. The van der Waals surface area contributed by atoms with Gasteiger partial charge in [-0.3, -0.25) is 19.5 Å². The van der Waals surface area contributed by atoms with E-state index in [0.717, 1.165) is 38.3 Å². The minimum atomic E-state index is -0.178. The molecule has 0 radical (unpaired) electrons. The van der Waals surface area contributed by atoms with Crippen molar-refractivity contribution in [3.05, 3.63) is 35.4 Å². The van der Waals surface area contributed by atoms with Crippen molar-refractivity contribution >= 4 is 41.8 Å². The molecule has 0 bridgehead atoms. The maximum atomic E-state index is 12.3. The van der Waals surface area contributed by atoms with Crippen molar-refractivity contribution in [2.24, 2.45) is 4.99 Å². The number of guanidine groups is 1. The molecule has 2 amide bonds. The van der Waals surface area contributed by atoms with Gasteiger partial charge in [-0.25, -0.2) is 0 Å². The van der Waals surface area contributed by atoms with Crippen LogP contribution in [-0.2, 0) is 0 Å². The Bertz CT molecular complexity index is 614. The first-order valence-corrected chi connectivity index (χ1v) is 9.58. The summed E-state index contributed by atoms with van der Waals surface area (Å²) in [7, 11) is 1.76. The van der Waals surface area contributed by atoms with Gasteiger partial charge in [-0.15, -0.1) is 24.0 Å². The van der Waals surface area contributed by atoms with E-state index < -0.39 is 0 Å². The van der Waals surface area contributed by atoms with Gasteiger partial charge in [-0.2, -0.15) is 0 Å². The van der Waals surface area contributed by atoms with Crippen LogP contribution in [0.5, 0.6) is 0 Å². The van der Waals surface area contributed by atoms with E-state index in [2.05, 4.69) is 22.5 Å². The first-order chi connectivity index (χ1) is 12.7. The molecule has 0 fully saturated rings. The Morgan fingerprint density at radius 2 is 1.48 bits per heavy atom. The van der Waals surface area contributed by atoms with E-state index >= 15 is 0 Å². The van der Waals surface area contributed by atoms with Crippen molar-refractivity contribution in [1.29, 1.82) is 0 Å². The fourth-order valence-corrected chi connectivity index (χ4v) is 3.02. The van der Waals surface area contributed by atoms with Crippen LogP contribution in [0.1, 0.15) is 66.2 Å². The third-order valence-corrected chi connectivity index (χ3v) is 4.53. The smallest absolute Gasteiger partial charge is 0.261 e. The Labute approximate surface area is 179 Å². The minimum absolute atomic E-state index is 0. The van der Waals surface area contributed by atoms with Crippen molar-refractivity contribution in [1.82, 2.24) is 15.5 Å². The van der Waals surface area contributed by atoms with Gasteiger partial charge < -0.3 is 10.6 Å². The standard InChI is InChI=1S/C20H30N4O2.HI/c1-3-4-5-8-13-22-20(21-2)23-14-9-10-15-24-18(25)16-11-6-7-12-17(16)19(24)26;/h6-7,11-12H,3-5,8-10,13-15H2,1-2H3,(H2,21,22,23);1H. The summed E-state index contributed by atoms with van der Waals surface area (Å²) < 4.78 is 0. The molecular formula is C20H31IN4O2. The highest BCUT2D eigenvalue weighted by atomic mass is 127. The predicted octanol–water partition coefficient (Wildman–Crippen LogP) is 3.43. The van der Waals surface area contributed by atoms with Gasteiger partial charge in [0.2, 0.25) is 0 Å². The highest BCUT2D eigenvalue weighted by molar-refractivity contribution is 14.0. The van der Waals surface area contributed by atoms with Gasteiger partial charge in [0.25, 0.3) is 11.8 Å². The molecule has 0 saturated heterocycles. The maximum Gasteiger partial charge on any atom is 0.261 e. The van der Waals surface area contributed by atoms with Crippen molar-refractivity contribution < 1.29 is 9.59 Å². The number of carbonyl (C=O) groups excluding carboxylic acids is 2. The van der Waals surface area contributed by atoms with Crippen LogP contribution in [0.15, 0.2) is 29.3 Å². The number of rotatable bonds is 10. The molecule has 1 aromatic carbocycles. The van der Waals surface area contributed by atoms with Crippen molar-refractivity contribution in [3.63, 3.8) is 0 Å². The van der Waals surface area contributed by atoms with E-state index in [9.17, 15) is 9.59 Å². The lowest BCUT2D eigenvalue weighted by atomic mass is 10.1. The van der Waals surface area contributed by atoms with Crippen molar-refractivity contribution in [2.75, 3.05) is 26.7 Å². The monoisotopic (exact) mass is 486 g/mol. The summed E-state index contributed by atoms with van der Waals surface area (Å²) in [5.41, 5.74) is 1.03. The summed E-state index contributed by atoms with van der Waals surface area (Å²) in [5, 5.41) is 6.58. The highest BCUT2D eigenvalue weighted by Crippen LogP contribution is 2.22. The van der Waals surface area contributed by atoms with E-state index in [-0.39, 0.29) is 35.8 Å². The molecule has 0 saturated carbocycles. The average molecular weight is 486 g/mol. The van der Waals surface area contributed by atoms with Gasteiger partial charge in [0.15, 0.2) is 5.96 Å². The zero-order chi connectivity index (χ0) is 18.8. The molecule has 1 heterocycles. The van der Waals surface area contributed by atoms with E-state index in [0.29, 0.717) is 17.7 Å². The Hall–Kier alpha value is -1.64. The third kappa shape index (κ3) is 6.79. The van der Waals surface area contributed by atoms with Crippen LogP contribution >= 0.6 is 24.0 Å². The van der Waals surface area contributed by atoms with Crippen LogP contribution in [0, 0.1) is 0 Å². The van der Waals surface area contributed by atoms with Crippen LogP contribution in [0.25, 0.3) is 0 Å². The molecule has 27 heavy (non-hydrogen) atoms. The average Bonchev–Trinajstić information content (AvgIpc) is 2.91. The lowest BCUT2D eigenvalue weighted by Crippen LogP contribution is -2.38. The molecule has 2 rings (SSSR count). The first kappa shape index (κ1) is 23.4. The van der Waals surface area contributed by atoms with Gasteiger partial charge >= 0.3 is 0 Å². The second-order valence-electron chi connectivity index (χ2n) is 6.50. The number of unbranched alkanes of at least 4 members (excludes halogenated alkanes) is 4. The zero-order valence-electron chi connectivity index (χ0n) is 16.3. The number of aliphatic imine (C=N–C) groups is 1. The van der Waals surface area contributed by atoms with Gasteiger partial charge in [0.1, 0.15) is 0 Å². The Kier molecular flexibility index (Phi) is 11.0. The predicted molar refractivity (Wildman–Crippen MR) is 120 cm³/mol. The molecule has 0 spiro atoms. The second kappa shape index (κ2) is 12.7. The summed E-state index contributed by atoms with van der Waals surface area (Å²) in [6.45, 7) is 4.35. The number of carbonyl (C=O) groups is 2. The molecular weight excluding hydrogens is 455 g/mol. The fraction of sp³-hybridized carbons (Fsp3) is 0.550. The van der Waals surface area contributed by atoms with E-state index in [1.165, 1.54) is 24.2 Å². The molecule has 1 aliphatic rings. The molecule has 0 unspecified atom stereocenters. The molecule has 0 aromatic heterocycles. The molecule has 6 nitrogen and oxygen atoms in total. The molecule has 0 aliphatic carbocycles. The zero-order valence-corrected chi connectivity index (χ0v) is 18.6. The Morgan fingerprint density at radius 3 is 2.00 bits per heavy atom. The highest BCUT2D eigenvalue weighted by Gasteiger charge is 2.34. The topological polar surface area (TPSA) is 73.8 Å². The van der Waals surface area contributed by atoms with Gasteiger partial charge in [-0.1, -0.05) is 38.3 Å². The van der Waals surface area contributed by atoms with E-state index in [1.807, 2.05) is 0 Å². The van der Waals surface area contributed by atoms with Crippen LogP contribution in [0.3, 0.4) is 0 Å². The number of hydrogen-bond donors (Lipinski definition) is 2. The summed E-state index contributed by atoms with van der Waals surface area (Å²) in [4.78, 5) is 30.1. The summed E-state index contributed by atoms with van der Waals surface area (Å²) >= 11 is 0. The van der Waals surface area contributed by atoms with Gasteiger partial charge in [0, 0.05) is 26.7 Å². The second-order valence-corrected chi connectivity index (χ2v) is 6.50. The minimum Gasteiger partial charge on any atom is -0.356 e. The first-order valence-electron chi connectivity index (χ1n) is 9.58. The Balaban J connectivity index is 0.00000364. The van der Waals surface area contributed by atoms with Crippen molar-refractivity contribution in [2.45, 2.75) is 45.4 Å². The van der Waals surface area contributed by atoms with Crippen molar-refractivity contribution in [3.8, 4) is 0 Å². The third-order valence-electron chi connectivity index (χ3n) is 4.53. The van der Waals surface area contributed by atoms with Crippen LogP contribution < -0.4 is 10.6 Å². The maximum absolute atomic E-state index is 12.3. The summed E-state index contributed by atoms with van der Waals surface area (Å²) in [5.74, 6) is 0.452. The number of halogens is 1. The lowest BCUT2D eigenvalue weighted by molar-refractivity contribution is 0.0652. The molecule has 1 aliphatic heterocycles. The van der Waals surface area contributed by atoms with E-state index in [4.69, 9.17) is 0 Å². The number of imide groups is 1. The number of benzene rings is 1. The quantitative estimate of drug-likeness (QED) is 0.175. The normalized spacial score (nSPS) is 13.4. The molecule has 150 valence electrons. The van der Waals surface area contributed by atoms with Gasteiger partial charge in [0.05, 0.1) is 11.1 Å². The number of nitrogens with one attached hydrogen (secondary N) is 2. The number of hydrogen-bond acceptors (Lipinski definition) is 3. The number of fused-ring (bicyclic) bond motifs is 1. The number of nitrogens with zero attached hydrogens (tertiary/aromatic N) is 2. The molecule has 0 atom stereocenters. The van der Waals surface area contributed by atoms with Crippen LogP contribution in [0.4, 0.5) is 0 Å². The van der Waals surface area contributed by atoms with Crippen LogP contribution in [-0.4, -0.2) is 49.4 Å². The fourth-order valence-electron chi connectivity index (χ4n) is 3.02. The lowest BCUT2D eigenvalue weighted by Gasteiger charge is -2.15. The van der Waals surface area contributed by atoms with Crippen LogP contribution in [0.2, 0.25) is 0 Å². The summed E-state index contributed by atoms with van der Waals surface area (Å²) in [6, 6.07) is 7.01. The number of amides is 2. The molecule has 2 N–H and O–H groups in total.